The van der Waals surface area contributed by atoms with Crippen LogP contribution in [-0.4, -0.2) is 61.4 Å². The van der Waals surface area contributed by atoms with Crippen molar-refractivity contribution in [3.63, 3.8) is 0 Å². The number of carbonyl (C=O) groups is 1. The van der Waals surface area contributed by atoms with Crippen LogP contribution in [0.2, 0.25) is 0 Å². The minimum atomic E-state index is -2.78. The van der Waals surface area contributed by atoms with Crippen LogP contribution in [0.25, 0.3) is 0 Å². The van der Waals surface area contributed by atoms with E-state index >= 15 is 0 Å². The van der Waals surface area contributed by atoms with Gasteiger partial charge >= 0.3 is 5.97 Å². The highest BCUT2D eigenvalue weighted by atomic mass is 79.9. The second-order valence-electron chi connectivity index (χ2n) is 5.71. The summed E-state index contributed by atoms with van der Waals surface area (Å²) >= 11 is 2.86. The Bertz CT molecular complexity index is 672. The average molecular weight is 404 g/mol. The molecule has 2 fully saturated rings. The van der Waals surface area contributed by atoms with E-state index in [0.717, 1.165) is 0 Å². The predicted molar refractivity (Wildman–Crippen MR) is 80.6 cm³/mol. The summed E-state index contributed by atoms with van der Waals surface area (Å²) in [6.07, 6.45) is -2.89. The molecule has 9 nitrogen and oxygen atoms in total. The molecule has 6 atom stereocenters. The Balaban J connectivity index is 2.16. The lowest BCUT2D eigenvalue weighted by Gasteiger charge is -2.37. The number of rotatable bonds is 4. The van der Waals surface area contributed by atoms with Crippen molar-refractivity contribution in [3.8, 4) is 0 Å². The van der Waals surface area contributed by atoms with Gasteiger partial charge in [0.25, 0.3) is 4.95 Å². The molecule has 2 heterocycles. The Labute approximate surface area is 144 Å². The molecule has 0 amide bonds. The number of ether oxygens (including phenoxy) is 2. The summed E-state index contributed by atoms with van der Waals surface area (Å²) in [6, 6.07) is 7.72. The summed E-state index contributed by atoms with van der Waals surface area (Å²) in [6.45, 7) is -0.385. The summed E-state index contributed by atoms with van der Waals surface area (Å²) in [5.41, 5.74) is -2.56. The van der Waals surface area contributed by atoms with Gasteiger partial charge in [0.05, 0.1) is 6.61 Å². The molecular weight excluding hydrogens is 390 g/mol. The smallest absolute Gasteiger partial charge is 0.345 e. The first kappa shape index (κ1) is 17.2. The topological polar surface area (TPSA) is 139 Å². The van der Waals surface area contributed by atoms with Gasteiger partial charge in [0.2, 0.25) is 11.4 Å². The zero-order valence-corrected chi connectivity index (χ0v) is 13.7. The number of hydrogen-bond donors (Lipinski definition) is 3. The molecule has 10 heteroatoms. The number of carbonyl (C=O) groups excluding carboxylic acids is 1. The lowest BCUT2D eigenvalue weighted by Crippen LogP contribution is -2.63. The van der Waals surface area contributed by atoms with E-state index in [2.05, 4.69) is 15.9 Å². The first-order valence-electron chi connectivity index (χ1n) is 7.04. The highest BCUT2D eigenvalue weighted by molar-refractivity contribution is 9.09. The quantitative estimate of drug-likeness (QED) is 0.201. The van der Waals surface area contributed by atoms with Gasteiger partial charge in [-0.25, -0.2) is 4.79 Å². The molecule has 130 valence electrons. The summed E-state index contributed by atoms with van der Waals surface area (Å²) < 4.78 is 9.95. The van der Waals surface area contributed by atoms with Crippen LogP contribution in [-0.2, 0) is 14.3 Å². The SMILES string of the molecule is O=C1O[C@@H]2[C@@H](O)CO[C@]2(O)[C@@]1(O)C(c1ccccc1)C(Br)[N+](=O)[O-]. The Morgan fingerprint density at radius 3 is 2.54 bits per heavy atom. The average Bonchev–Trinajstić information content (AvgIpc) is 2.94. The Hall–Kier alpha value is -1.59. The minimum Gasteiger partial charge on any atom is -0.451 e. The molecule has 0 saturated carbocycles. The van der Waals surface area contributed by atoms with E-state index in [1.807, 2.05) is 0 Å². The first-order valence-corrected chi connectivity index (χ1v) is 7.95. The molecule has 0 aliphatic carbocycles. The van der Waals surface area contributed by atoms with Crippen LogP contribution >= 0.6 is 15.9 Å². The fourth-order valence-electron chi connectivity index (χ4n) is 3.21. The third-order valence-electron chi connectivity index (χ3n) is 4.39. The van der Waals surface area contributed by atoms with Gasteiger partial charge in [-0.15, -0.1) is 0 Å². The fraction of sp³-hybridized carbons (Fsp3) is 0.500. The highest BCUT2D eigenvalue weighted by Gasteiger charge is 2.77. The van der Waals surface area contributed by atoms with Crippen molar-refractivity contribution in [1.82, 2.24) is 0 Å². The molecule has 1 aromatic rings. The molecule has 3 rings (SSSR count). The van der Waals surface area contributed by atoms with E-state index in [-0.39, 0.29) is 12.2 Å². The van der Waals surface area contributed by atoms with Crippen LogP contribution in [0, 0.1) is 10.1 Å². The van der Waals surface area contributed by atoms with Gasteiger partial charge in [-0.1, -0.05) is 30.3 Å². The molecule has 2 unspecified atom stereocenters. The predicted octanol–water partition coefficient (Wildman–Crippen LogP) is -0.496. The number of hydrogen-bond acceptors (Lipinski definition) is 8. The van der Waals surface area contributed by atoms with Crippen molar-refractivity contribution in [3.05, 3.63) is 46.0 Å². The molecule has 2 aliphatic heterocycles. The molecule has 1 aromatic carbocycles. The normalized spacial score (nSPS) is 37.6. The summed E-state index contributed by atoms with van der Waals surface area (Å²) in [7, 11) is 0. The molecule has 24 heavy (non-hydrogen) atoms. The number of esters is 1. The van der Waals surface area contributed by atoms with Crippen molar-refractivity contribution in [2.75, 3.05) is 6.61 Å². The van der Waals surface area contributed by atoms with Crippen molar-refractivity contribution < 1.29 is 34.5 Å². The van der Waals surface area contributed by atoms with Crippen molar-refractivity contribution in [2.24, 2.45) is 0 Å². The van der Waals surface area contributed by atoms with Crippen LogP contribution in [0.1, 0.15) is 11.5 Å². The van der Waals surface area contributed by atoms with Gasteiger partial charge in [-0.2, -0.15) is 0 Å². The van der Waals surface area contributed by atoms with E-state index in [1.54, 1.807) is 18.2 Å². The van der Waals surface area contributed by atoms with E-state index in [9.17, 15) is 30.2 Å². The number of nitrogens with zero attached hydrogens (tertiary/aromatic N) is 1. The third kappa shape index (κ3) is 2.18. The van der Waals surface area contributed by atoms with Crippen molar-refractivity contribution in [1.29, 1.82) is 0 Å². The Morgan fingerprint density at radius 2 is 1.96 bits per heavy atom. The molecule has 0 bridgehead atoms. The van der Waals surface area contributed by atoms with Gasteiger partial charge in [0, 0.05) is 4.92 Å². The number of aliphatic hydroxyl groups excluding tert-OH is 1. The molecular formula is C14H14BrNO8. The second kappa shape index (κ2) is 5.74. The van der Waals surface area contributed by atoms with E-state index in [1.165, 1.54) is 12.1 Å². The maximum atomic E-state index is 12.3. The molecule has 3 N–H and O–H groups in total. The van der Waals surface area contributed by atoms with Crippen LogP contribution in [0.3, 0.4) is 0 Å². The highest BCUT2D eigenvalue weighted by Crippen LogP contribution is 2.51. The first-order chi connectivity index (χ1) is 11.2. The lowest BCUT2D eigenvalue weighted by atomic mass is 9.76. The maximum Gasteiger partial charge on any atom is 0.345 e. The van der Waals surface area contributed by atoms with Crippen LogP contribution in [0.4, 0.5) is 0 Å². The monoisotopic (exact) mass is 403 g/mol. The molecule has 2 aliphatic rings. The van der Waals surface area contributed by atoms with Crippen molar-refractivity contribution in [2.45, 2.75) is 34.5 Å². The summed E-state index contributed by atoms with van der Waals surface area (Å²) in [5.74, 6) is -5.43. The van der Waals surface area contributed by atoms with Gasteiger partial charge < -0.3 is 24.8 Å². The van der Waals surface area contributed by atoms with Crippen LogP contribution < -0.4 is 0 Å². The maximum absolute atomic E-state index is 12.3. The van der Waals surface area contributed by atoms with E-state index in [0.29, 0.717) is 0 Å². The van der Waals surface area contributed by atoms with Gasteiger partial charge in [-0.3, -0.25) is 10.1 Å². The van der Waals surface area contributed by atoms with Crippen LogP contribution in [0.5, 0.6) is 0 Å². The Kier molecular flexibility index (Phi) is 4.12. The number of nitro groups is 1. The number of benzene rings is 1. The number of aliphatic hydroxyl groups is 3. The number of fused-ring (bicyclic) bond motifs is 1. The largest absolute Gasteiger partial charge is 0.451 e. The zero-order chi connectivity index (χ0) is 17.7. The fourth-order valence-corrected chi connectivity index (χ4v) is 3.90. The molecule has 0 radical (unpaired) electrons. The van der Waals surface area contributed by atoms with Gasteiger partial charge in [0.15, 0.2) is 6.10 Å². The van der Waals surface area contributed by atoms with Crippen LogP contribution in [0.15, 0.2) is 30.3 Å². The van der Waals surface area contributed by atoms with E-state index in [4.69, 9.17) is 9.47 Å². The van der Waals surface area contributed by atoms with E-state index < -0.39 is 45.4 Å². The summed E-state index contributed by atoms with van der Waals surface area (Å²) in [5, 5.41) is 42.9. The molecule has 0 aromatic heterocycles. The number of alkyl halides is 1. The van der Waals surface area contributed by atoms with Gasteiger partial charge in [-0.05, 0) is 21.5 Å². The molecule has 0 spiro atoms. The minimum absolute atomic E-state index is 0.217. The standard InChI is InChI=1S/C14H14BrNO8/c15-11(16(21)22)9(7-4-2-1-3-5-7)13(19)12(18)24-10-8(17)6-23-14(10,13)20/h1-5,8-11,17,19-20H,6H2/t8-,9?,10+,11?,13+,14-/m0/s1. The number of halogens is 1. The zero-order valence-electron chi connectivity index (χ0n) is 12.1. The van der Waals surface area contributed by atoms with Gasteiger partial charge in [0.1, 0.15) is 12.0 Å². The second-order valence-corrected chi connectivity index (χ2v) is 6.65. The third-order valence-corrected chi connectivity index (χ3v) is 5.25. The Morgan fingerprint density at radius 1 is 1.33 bits per heavy atom. The van der Waals surface area contributed by atoms with Crippen molar-refractivity contribution >= 4 is 21.9 Å². The lowest BCUT2D eigenvalue weighted by molar-refractivity contribution is -0.502. The summed E-state index contributed by atoms with van der Waals surface area (Å²) in [4.78, 5) is 21.3. The molecule has 2 saturated heterocycles.